The fourth-order valence-corrected chi connectivity index (χ4v) is 2.02. The molecule has 0 aromatic heterocycles. The van der Waals surface area contributed by atoms with Gasteiger partial charge in [-0.05, 0) is 18.8 Å². The average Bonchev–Trinajstić information content (AvgIpc) is 1.86. The quantitative estimate of drug-likeness (QED) is 0.423. The predicted molar refractivity (Wildman–Crippen MR) is 46.0 cm³/mol. The van der Waals surface area contributed by atoms with Crippen molar-refractivity contribution in [2.75, 3.05) is 0 Å². The molecule has 11 heavy (non-hydrogen) atoms. The van der Waals surface area contributed by atoms with Crippen LogP contribution in [0.2, 0.25) is 0 Å². The van der Waals surface area contributed by atoms with Gasteiger partial charge in [-0.15, -0.1) is 0 Å². The smallest absolute Gasteiger partial charge is 0.0654 e. The van der Waals surface area contributed by atoms with Crippen molar-refractivity contribution in [1.29, 1.82) is 0 Å². The predicted octanol–water partition coefficient (Wildman–Crippen LogP) is 2.66. The summed E-state index contributed by atoms with van der Waals surface area (Å²) in [5.41, 5.74) is 1.09. The molecule has 0 bridgehead atoms. The summed E-state index contributed by atoms with van der Waals surface area (Å²) >= 11 is 0. The van der Waals surface area contributed by atoms with E-state index < -0.39 is 0 Å². The van der Waals surface area contributed by atoms with E-state index in [1.165, 1.54) is 12.8 Å². The van der Waals surface area contributed by atoms with Gasteiger partial charge in [0, 0.05) is 5.41 Å². The average molecular weight is 155 g/mol. The van der Waals surface area contributed by atoms with Crippen LogP contribution in [0.3, 0.4) is 0 Å². The van der Waals surface area contributed by atoms with Crippen molar-refractivity contribution < 1.29 is 5.21 Å². The molecule has 0 aliphatic heterocycles. The van der Waals surface area contributed by atoms with Gasteiger partial charge in [-0.3, -0.25) is 0 Å². The molecule has 1 aliphatic carbocycles. The highest BCUT2D eigenvalue weighted by Crippen LogP contribution is 2.35. The van der Waals surface area contributed by atoms with E-state index in [2.05, 4.69) is 25.9 Å². The molecule has 1 N–H and O–H groups in total. The minimum Gasteiger partial charge on any atom is -0.411 e. The molecule has 0 aromatic carbocycles. The fourth-order valence-electron chi connectivity index (χ4n) is 2.02. The number of nitrogens with zero attached hydrogens (tertiary/aromatic N) is 1. The Bertz CT molecular complexity index is 172. The lowest BCUT2D eigenvalue weighted by atomic mass is 9.71. The van der Waals surface area contributed by atoms with Crippen molar-refractivity contribution in [3.63, 3.8) is 0 Å². The lowest BCUT2D eigenvalue weighted by Gasteiger charge is -2.34. The van der Waals surface area contributed by atoms with Gasteiger partial charge in [0.05, 0.1) is 5.71 Å². The molecule has 0 amide bonds. The summed E-state index contributed by atoms with van der Waals surface area (Å²) < 4.78 is 0. The van der Waals surface area contributed by atoms with E-state index in [1.54, 1.807) is 0 Å². The number of hydrogen-bond donors (Lipinski definition) is 1. The molecule has 1 fully saturated rings. The van der Waals surface area contributed by atoms with Crippen molar-refractivity contribution in [3.05, 3.63) is 0 Å². The number of oxime groups is 1. The van der Waals surface area contributed by atoms with Crippen molar-refractivity contribution in [2.45, 2.75) is 40.0 Å². The van der Waals surface area contributed by atoms with E-state index >= 15 is 0 Å². The first kappa shape index (κ1) is 8.57. The minimum atomic E-state index is 0.117. The molecule has 1 rings (SSSR count). The maximum absolute atomic E-state index is 8.79. The maximum Gasteiger partial charge on any atom is 0.0654 e. The van der Waals surface area contributed by atoms with Crippen LogP contribution in [-0.4, -0.2) is 10.9 Å². The van der Waals surface area contributed by atoms with Crippen molar-refractivity contribution in [3.8, 4) is 0 Å². The molecule has 0 aromatic rings. The molecule has 64 valence electrons. The van der Waals surface area contributed by atoms with Crippen LogP contribution >= 0.6 is 0 Å². The Morgan fingerprint density at radius 1 is 1.55 bits per heavy atom. The molecule has 1 atom stereocenters. The van der Waals surface area contributed by atoms with Gasteiger partial charge < -0.3 is 5.21 Å². The first-order valence-corrected chi connectivity index (χ1v) is 4.30. The summed E-state index contributed by atoms with van der Waals surface area (Å²) in [5, 5.41) is 12.2. The highest BCUT2D eigenvalue weighted by atomic mass is 16.4. The third-order valence-electron chi connectivity index (χ3n) is 2.71. The SMILES string of the molecule is C[C@@H]1CCCC(C)(C)/C1=N/O. The molecular weight excluding hydrogens is 138 g/mol. The second-order valence-electron chi connectivity index (χ2n) is 4.16. The Balaban J connectivity index is 2.82. The zero-order valence-corrected chi connectivity index (χ0v) is 7.59. The third kappa shape index (κ3) is 1.55. The summed E-state index contributed by atoms with van der Waals surface area (Å²) in [4.78, 5) is 0. The van der Waals surface area contributed by atoms with Gasteiger partial charge in [0.2, 0.25) is 0 Å². The van der Waals surface area contributed by atoms with E-state index in [1.807, 2.05) is 0 Å². The lowest BCUT2D eigenvalue weighted by molar-refractivity contribution is 0.285. The zero-order chi connectivity index (χ0) is 8.48. The van der Waals surface area contributed by atoms with Gasteiger partial charge in [-0.25, -0.2) is 0 Å². The molecule has 1 saturated carbocycles. The molecule has 0 unspecified atom stereocenters. The summed E-state index contributed by atoms with van der Waals surface area (Å²) in [6.45, 7) is 6.44. The summed E-state index contributed by atoms with van der Waals surface area (Å²) in [6, 6.07) is 0. The summed E-state index contributed by atoms with van der Waals surface area (Å²) in [7, 11) is 0. The fraction of sp³-hybridized carbons (Fsp3) is 0.889. The Morgan fingerprint density at radius 3 is 2.55 bits per heavy atom. The van der Waals surface area contributed by atoms with Gasteiger partial charge in [0.25, 0.3) is 0 Å². The molecule has 0 saturated heterocycles. The van der Waals surface area contributed by atoms with Gasteiger partial charge in [0.1, 0.15) is 0 Å². The number of rotatable bonds is 0. The van der Waals surface area contributed by atoms with Gasteiger partial charge in [0.15, 0.2) is 0 Å². The third-order valence-corrected chi connectivity index (χ3v) is 2.71. The zero-order valence-electron chi connectivity index (χ0n) is 7.59. The van der Waals surface area contributed by atoms with Crippen LogP contribution in [0.4, 0.5) is 0 Å². The van der Waals surface area contributed by atoms with Crippen LogP contribution in [0.15, 0.2) is 5.16 Å². The highest BCUT2D eigenvalue weighted by molar-refractivity contribution is 5.91. The first-order chi connectivity index (χ1) is 5.08. The maximum atomic E-state index is 8.79. The van der Waals surface area contributed by atoms with Crippen LogP contribution in [0.5, 0.6) is 0 Å². The van der Waals surface area contributed by atoms with E-state index in [0.717, 1.165) is 12.1 Å². The Kier molecular flexibility index (Phi) is 2.21. The van der Waals surface area contributed by atoms with Crippen LogP contribution in [0.1, 0.15) is 40.0 Å². The molecule has 2 heteroatoms. The van der Waals surface area contributed by atoms with E-state index in [0.29, 0.717) is 5.92 Å². The van der Waals surface area contributed by atoms with Gasteiger partial charge >= 0.3 is 0 Å². The van der Waals surface area contributed by atoms with Crippen molar-refractivity contribution in [1.82, 2.24) is 0 Å². The van der Waals surface area contributed by atoms with Crippen molar-refractivity contribution in [2.24, 2.45) is 16.5 Å². The Hall–Kier alpha value is -0.530. The second-order valence-corrected chi connectivity index (χ2v) is 4.16. The van der Waals surface area contributed by atoms with Crippen molar-refractivity contribution >= 4 is 5.71 Å². The number of hydrogen-bond acceptors (Lipinski definition) is 2. The van der Waals surface area contributed by atoms with Crippen LogP contribution in [-0.2, 0) is 0 Å². The minimum absolute atomic E-state index is 0.117. The highest BCUT2D eigenvalue weighted by Gasteiger charge is 2.33. The van der Waals surface area contributed by atoms with Crippen LogP contribution in [0.25, 0.3) is 0 Å². The Labute approximate surface area is 68.3 Å². The second kappa shape index (κ2) is 2.84. The molecule has 1 aliphatic rings. The summed E-state index contributed by atoms with van der Waals surface area (Å²) in [6.07, 6.45) is 3.58. The topological polar surface area (TPSA) is 32.6 Å². The lowest BCUT2D eigenvalue weighted by Crippen LogP contribution is -2.33. The van der Waals surface area contributed by atoms with Crippen LogP contribution < -0.4 is 0 Å². The van der Waals surface area contributed by atoms with E-state index in [-0.39, 0.29) is 5.41 Å². The van der Waals surface area contributed by atoms with E-state index in [4.69, 9.17) is 5.21 Å². The Morgan fingerprint density at radius 2 is 2.18 bits per heavy atom. The standard InChI is InChI=1S/C9H17NO/c1-7-5-4-6-9(2,3)8(7)10-11/h7,11H,4-6H2,1-3H3/b10-8+/t7-/m1/s1. The normalized spacial score (nSPS) is 34.1. The van der Waals surface area contributed by atoms with Gasteiger partial charge in [-0.1, -0.05) is 32.3 Å². The molecule has 0 heterocycles. The first-order valence-electron chi connectivity index (χ1n) is 4.30. The molecule has 2 nitrogen and oxygen atoms in total. The molecule has 0 radical (unpaired) electrons. The monoisotopic (exact) mass is 155 g/mol. The largest absolute Gasteiger partial charge is 0.411 e. The van der Waals surface area contributed by atoms with Gasteiger partial charge in [-0.2, -0.15) is 0 Å². The van der Waals surface area contributed by atoms with E-state index in [9.17, 15) is 0 Å². The van der Waals surface area contributed by atoms with Crippen LogP contribution in [0, 0.1) is 11.3 Å². The molecular formula is C9H17NO. The molecule has 0 spiro atoms. The summed E-state index contributed by atoms with van der Waals surface area (Å²) in [5.74, 6) is 0.462.